The quantitative estimate of drug-likeness (QED) is 0.293. The topological polar surface area (TPSA) is 101 Å². The fourth-order valence-corrected chi connectivity index (χ4v) is 6.32. The van der Waals surface area contributed by atoms with Crippen molar-refractivity contribution >= 4 is 35.1 Å². The minimum atomic E-state index is -5.08. The van der Waals surface area contributed by atoms with Crippen molar-refractivity contribution in [3.05, 3.63) is 81.1 Å². The van der Waals surface area contributed by atoms with Gasteiger partial charge in [0.1, 0.15) is 11.6 Å². The number of aromatic nitrogens is 2. The number of carbonyl (C=O) groups excluding carboxylic acids is 1. The molecule has 7 nitrogen and oxygen atoms in total. The van der Waals surface area contributed by atoms with Gasteiger partial charge in [-0.1, -0.05) is 29.3 Å². The van der Waals surface area contributed by atoms with E-state index in [9.17, 15) is 26.7 Å². The molecule has 3 N–H and O–H groups in total. The number of aryl methyl sites for hydroxylation is 1. The lowest BCUT2D eigenvalue weighted by Gasteiger charge is -2.35. The highest BCUT2D eigenvalue weighted by Gasteiger charge is 2.46. The standard InChI is InChI=1S/C28H30Cl2F2N4O.C2HF3O2/c1-16-11-26(36(34-16)19-4-6-23(29)24(30)13-19)17-7-9-35(10-8-17)27(37)22-15-28(2,33)14-21(22)20-5-3-18(31)12-25(20)32;3-2(4,5)1(6)7/h3-6,11-13,17,21-22H,7-10,14-15,33H2,1-2H3;(H,6,7)/t21-,22+,28-;/m0./s1. The first kappa shape index (κ1) is 33.7. The minimum Gasteiger partial charge on any atom is -0.475 e. The number of hydrogen-bond donors (Lipinski definition) is 2. The van der Waals surface area contributed by atoms with Gasteiger partial charge in [-0.05, 0) is 75.4 Å². The smallest absolute Gasteiger partial charge is 0.475 e. The van der Waals surface area contributed by atoms with Crippen LogP contribution in [0, 0.1) is 24.5 Å². The number of carboxylic acids is 1. The number of carbonyl (C=O) groups is 2. The van der Waals surface area contributed by atoms with Gasteiger partial charge in [0.2, 0.25) is 5.91 Å². The highest BCUT2D eigenvalue weighted by Crippen LogP contribution is 2.46. The van der Waals surface area contributed by atoms with Gasteiger partial charge in [-0.25, -0.2) is 18.3 Å². The van der Waals surface area contributed by atoms with Crippen LogP contribution in [-0.2, 0) is 9.59 Å². The van der Waals surface area contributed by atoms with E-state index < -0.39 is 35.2 Å². The van der Waals surface area contributed by atoms with Crippen molar-refractivity contribution in [2.75, 3.05) is 13.1 Å². The van der Waals surface area contributed by atoms with Gasteiger partial charge in [-0.2, -0.15) is 18.3 Å². The molecule has 44 heavy (non-hydrogen) atoms. The Labute approximate surface area is 260 Å². The molecule has 2 heterocycles. The second-order valence-electron chi connectivity index (χ2n) is 11.6. The maximum Gasteiger partial charge on any atom is 0.490 e. The van der Waals surface area contributed by atoms with Crippen molar-refractivity contribution in [1.29, 1.82) is 0 Å². The van der Waals surface area contributed by atoms with Gasteiger partial charge in [0.15, 0.2) is 0 Å². The first-order valence-electron chi connectivity index (χ1n) is 13.8. The summed E-state index contributed by atoms with van der Waals surface area (Å²) < 4.78 is 61.8. The molecule has 2 fully saturated rings. The Kier molecular flexibility index (Phi) is 9.96. The molecule has 1 aliphatic carbocycles. The van der Waals surface area contributed by atoms with Crippen molar-refractivity contribution in [1.82, 2.24) is 14.7 Å². The van der Waals surface area contributed by atoms with Gasteiger partial charge in [-0.3, -0.25) is 4.79 Å². The summed E-state index contributed by atoms with van der Waals surface area (Å²) in [5.41, 5.74) is 9.03. The highest BCUT2D eigenvalue weighted by molar-refractivity contribution is 6.42. The first-order chi connectivity index (χ1) is 20.5. The molecule has 2 aromatic carbocycles. The molecule has 1 aromatic heterocycles. The Morgan fingerprint density at radius 2 is 1.66 bits per heavy atom. The number of nitrogens with zero attached hydrogens (tertiary/aromatic N) is 3. The van der Waals surface area contributed by atoms with Crippen LogP contribution in [0.25, 0.3) is 5.69 Å². The van der Waals surface area contributed by atoms with E-state index in [-0.39, 0.29) is 17.7 Å². The largest absolute Gasteiger partial charge is 0.490 e. The van der Waals surface area contributed by atoms with Crippen molar-refractivity contribution in [2.24, 2.45) is 11.7 Å². The summed E-state index contributed by atoms with van der Waals surface area (Å²) in [5, 5.41) is 12.8. The zero-order valence-electron chi connectivity index (χ0n) is 23.8. The summed E-state index contributed by atoms with van der Waals surface area (Å²) >= 11 is 12.3. The number of alkyl halides is 3. The third-order valence-electron chi connectivity index (χ3n) is 8.01. The Morgan fingerprint density at radius 1 is 1.02 bits per heavy atom. The fourth-order valence-electron chi connectivity index (χ4n) is 6.02. The van der Waals surface area contributed by atoms with E-state index in [0.717, 1.165) is 36.0 Å². The van der Waals surface area contributed by atoms with E-state index in [1.807, 2.05) is 29.5 Å². The second kappa shape index (κ2) is 13.0. The van der Waals surface area contributed by atoms with E-state index in [2.05, 4.69) is 11.2 Å². The molecule has 1 saturated heterocycles. The Morgan fingerprint density at radius 3 is 2.23 bits per heavy atom. The van der Waals surface area contributed by atoms with Crippen LogP contribution >= 0.6 is 23.2 Å². The maximum atomic E-state index is 14.7. The van der Waals surface area contributed by atoms with Gasteiger partial charge < -0.3 is 15.7 Å². The number of aliphatic carboxylic acids is 1. The van der Waals surface area contributed by atoms with Crippen molar-refractivity contribution in [3.63, 3.8) is 0 Å². The number of likely N-dealkylation sites (tertiary alicyclic amines) is 1. The third-order valence-corrected chi connectivity index (χ3v) is 8.75. The summed E-state index contributed by atoms with van der Waals surface area (Å²) in [4.78, 5) is 24.5. The molecule has 0 bridgehead atoms. The second-order valence-corrected chi connectivity index (χ2v) is 12.4. The third kappa shape index (κ3) is 7.70. The molecule has 1 saturated carbocycles. The number of rotatable bonds is 4. The monoisotopic (exact) mass is 660 g/mol. The average Bonchev–Trinajstić information content (AvgIpc) is 3.48. The van der Waals surface area contributed by atoms with Gasteiger partial charge in [-0.15, -0.1) is 0 Å². The number of carboxylic acid groups (broad SMARTS) is 1. The molecule has 1 amide bonds. The molecular weight excluding hydrogens is 630 g/mol. The van der Waals surface area contributed by atoms with Crippen LogP contribution in [0.5, 0.6) is 0 Å². The molecule has 3 atom stereocenters. The number of amides is 1. The lowest BCUT2D eigenvalue weighted by Crippen LogP contribution is -2.43. The number of hydrogen-bond acceptors (Lipinski definition) is 4. The van der Waals surface area contributed by atoms with Crippen LogP contribution < -0.4 is 5.73 Å². The van der Waals surface area contributed by atoms with E-state index >= 15 is 0 Å². The summed E-state index contributed by atoms with van der Waals surface area (Å²) in [7, 11) is 0. The van der Waals surface area contributed by atoms with Crippen molar-refractivity contribution < 1.29 is 36.6 Å². The Bertz CT molecular complexity index is 1540. The SMILES string of the molecule is Cc1cc(C2CCN(C(=O)[C@@H]3C[C@@](C)(N)C[C@H]3c3ccc(F)cc3F)CC2)n(-c2ccc(Cl)c(Cl)c2)n1.O=C(O)C(F)(F)F. The van der Waals surface area contributed by atoms with Gasteiger partial charge in [0, 0.05) is 48.1 Å². The fraction of sp³-hybridized carbons (Fsp3) is 0.433. The van der Waals surface area contributed by atoms with E-state index in [1.165, 1.54) is 12.1 Å². The van der Waals surface area contributed by atoms with E-state index in [1.54, 1.807) is 12.1 Å². The molecule has 3 aromatic rings. The van der Waals surface area contributed by atoms with Crippen LogP contribution in [-0.4, -0.2) is 56.5 Å². The number of benzene rings is 2. The molecular formula is C30H31Cl2F5N4O3. The molecule has 2 aliphatic rings. The molecule has 1 aliphatic heterocycles. The van der Waals surface area contributed by atoms with Crippen LogP contribution in [0.3, 0.4) is 0 Å². The zero-order valence-corrected chi connectivity index (χ0v) is 25.4. The normalized spacial score (nSPS) is 22.5. The zero-order chi connectivity index (χ0) is 32.6. The highest BCUT2D eigenvalue weighted by atomic mass is 35.5. The van der Waals surface area contributed by atoms with Crippen LogP contribution in [0.1, 0.15) is 61.4 Å². The van der Waals surface area contributed by atoms with Crippen molar-refractivity contribution in [3.8, 4) is 5.69 Å². The number of halogens is 7. The number of piperidine rings is 1. The molecule has 0 radical (unpaired) electrons. The summed E-state index contributed by atoms with van der Waals surface area (Å²) in [5.74, 6) is -4.60. The first-order valence-corrected chi connectivity index (χ1v) is 14.6. The molecule has 238 valence electrons. The van der Waals surface area contributed by atoms with Gasteiger partial charge >= 0.3 is 12.1 Å². The Hall–Kier alpha value is -3.22. The summed E-state index contributed by atoms with van der Waals surface area (Å²) in [6.07, 6.45) is -2.58. The summed E-state index contributed by atoms with van der Waals surface area (Å²) in [6.45, 7) is 5.03. The molecule has 14 heteroatoms. The predicted octanol–water partition coefficient (Wildman–Crippen LogP) is 7.02. The molecule has 0 unspecified atom stereocenters. The van der Waals surface area contributed by atoms with E-state index in [0.29, 0.717) is 41.5 Å². The predicted molar refractivity (Wildman–Crippen MR) is 155 cm³/mol. The minimum absolute atomic E-state index is 0.00415. The average molecular weight is 661 g/mol. The lowest BCUT2D eigenvalue weighted by molar-refractivity contribution is -0.192. The maximum absolute atomic E-state index is 14.7. The van der Waals surface area contributed by atoms with Crippen molar-refractivity contribution in [2.45, 2.75) is 63.1 Å². The van der Waals surface area contributed by atoms with Crippen LogP contribution in [0.4, 0.5) is 22.0 Å². The Balaban J connectivity index is 0.000000566. The molecule has 0 spiro atoms. The summed E-state index contributed by atoms with van der Waals surface area (Å²) in [6, 6.07) is 11.1. The van der Waals surface area contributed by atoms with Crippen LogP contribution in [0.15, 0.2) is 42.5 Å². The van der Waals surface area contributed by atoms with Gasteiger partial charge in [0.25, 0.3) is 0 Å². The van der Waals surface area contributed by atoms with E-state index in [4.69, 9.17) is 38.8 Å². The molecule has 5 rings (SSSR count). The lowest BCUT2D eigenvalue weighted by atomic mass is 9.86. The van der Waals surface area contributed by atoms with Gasteiger partial charge in [0.05, 0.1) is 21.4 Å². The number of nitrogens with two attached hydrogens (primary N) is 1. The van der Waals surface area contributed by atoms with Crippen LogP contribution in [0.2, 0.25) is 10.0 Å².